The van der Waals surface area contributed by atoms with Gasteiger partial charge in [-0.3, -0.25) is 4.79 Å². The van der Waals surface area contributed by atoms with E-state index in [9.17, 15) is 18.0 Å². The van der Waals surface area contributed by atoms with Gasteiger partial charge in [0.2, 0.25) is 0 Å². The van der Waals surface area contributed by atoms with Gasteiger partial charge in [0.15, 0.2) is 5.69 Å². The number of amides is 1. The van der Waals surface area contributed by atoms with Crippen LogP contribution in [0.25, 0.3) is 0 Å². The molecule has 2 aromatic rings. The molecular formula is C14H14F3N5O. The summed E-state index contributed by atoms with van der Waals surface area (Å²) in [5, 5.41) is 0. The minimum Gasteiger partial charge on any atom is -0.366 e. The summed E-state index contributed by atoms with van der Waals surface area (Å²) in [6.45, 7) is 2.77. The number of aromatic nitrogens is 3. The molecule has 0 bridgehead atoms. The van der Waals surface area contributed by atoms with Gasteiger partial charge in [-0.05, 0) is 19.1 Å². The second-order valence-electron chi connectivity index (χ2n) is 5.32. The fourth-order valence-corrected chi connectivity index (χ4v) is 2.57. The summed E-state index contributed by atoms with van der Waals surface area (Å²) in [6.07, 6.45) is -3.42. The third-order valence-electron chi connectivity index (χ3n) is 3.75. The van der Waals surface area contributed by atoms with Crippen molar-refractivity contribution < 1.29 is 18.0 Å². The van der Waals surface area contributed by atoms with E-state index in [2.05, 4.69) is 9.97 Å². The Kier molecular flexibility index (Phi) is 3.50. The van der Waals surface area contributed by atoms with Crippen molar-refractivity contribution in [2.24, 2.45) is 5.73 Å². The molecule has 0 aromatic carbocycles. The smallest absolute Gasteiger partial charge is 0.366 e. The Morgan fingerprint density at radius 2 is 2.00 bits per heavy atom. The van der Waals surface area contributed by atoms with Gasteiger partial charge in [0.05, 0.1) is 17.8 Å². The number of imidazole rings is 1. The van der Waals surface area contributed by atoms with Crippen molar-refractivity contribution in [3.63, 3.8) is 0 Å². The monoisotopic (exact) mass is 325 g/mol. The Labute approximate surface area is 129 Å². The van der Waals surface area contributed by atoms with Crippen LogP contribution >= 0.6 is 0 Å². The molecule has 1 aliphatic heterocycles. The number of hydrogen-bond acceptors (Lipinski definition) is 4. The zero-order valence-corrected chi connectivity index (χ0v) is 12.3. The van der Waals surface area contributed by atoms with Crippen LogP contribution in [0.1, 0.15) is 27.6 Å². The number of rotatable bonds is 2. The molecule has 2 aromatic heterocycles. The molecule has 3 heterocycles. The number of primary amides is 1. The van der Waals surface area contributed by atoms with E-state index < -0.39 is 17.8 Å². The van der Waals surface area contributed by atoms with Crippen LogP contribution in [0.3, 0.4) is 0 Å². The van der Waals surface area contributed by atoms with Crippen LogP contribution in [-0.2, 0) is 19.3 Å². The number of anilines is 1. The van der Waals surface area contributed by atoms with Crippen LogP contribution in [0.15, 0.2) is 18.3 Å². The van der Waals surface area contributed by atoms with E-state index in [0.29, 0.717) is 36.0 Å². The van der Waals surface area contributed by atoms with Gasteiger partial charge in [0.1, 0.15) is 11.6 Å². The van der Waals surface area contributed by atoms with Crippen LogP contribution in [0.5, 0.6) is 0 Å². The van der Waals surface area contributed by atoms with E-state index in [1.54, 1.807) is 19.1 Å². The van der Waals surface area contributed by atoms with Crippen LogP contribution in [-0.4, -0.2) is 27.0 Å². The summed E-state index contributed by atoms with van der Waals surface area (Å²) in [5.74, 6) is 0.350. The number of carbonyl (C=O) groups excluding carboxylic acids is 1. The highest BCUT2D eigenvalue weighted by Crippen LogP contribution is 2.30. The van der Waals surface area contributed by atoms with Gasteiger partial charge in [-0.15, -0.1) is 0 Å². The number of alkyl halides is 3. The highest BCUT2D eigenvalue weighted by molar-refractivity contribution is 5.94. The summed E-state index contributed by atoms with van der Waals surface area (Å²) >= 11 is 0. The number of nitrogens with zero attached hydrogens (tertiary/aromatic N) is 4. The number of fused-ring (bicyclic) bond motifs is 1. The molecule has 0 aliphatic carbocycles. The molecule has 122 valence electrons. The number of hydrogen-bond donors (Lipinski definition) is 1. The first-order chi connectivity index (χ1) is 10.8. The Morgan fingerprint density at radius 3 is 2.61 bits per heavy atom. The second kappa shape index (κ2) is 5.25. The van der Waals surface area contributed by atoms with E-state index in [4.69, 9.17) is 5.73 Å². The lowest BCUT2D eigenvalue weighted by Gasteiger charge is -2.28. The fraction of sp³-hybridized carbons (Fsp3) is 0.357. The fourth-order valence-electron chi connectivity index (χ4n) is 2.57. The van der Waals surface area contributed by atoms with Crippen LogP contribution in [0, 0.1) is 6.92 Å². The summed E-state index contributed by atoms with van der Waals surface area (Å²) < 4.78 is 39.7. The molecule has 0 radical (unpaired) electrons. The molecule has 9 heteroatoms. The Bertz CT molecular complexity index is 768. The van der Waals surface area contributed by atoms with Crippen LogP contribution in [0.4, 0.5) is 19.0 Å². The van der Waals surface area contributed by atoms with Crippen molar-refractivity contribution in [3.8, 4) is 0 Å². The van der Waals surface area contributed by atoms with Gasteiger partial charge in [0, 0.05) is 19.3 Å². The van der Waals surface area contributed by atoms with E-state index in [-0.39, 0.29) is 6.54 Å². The molecule has 0 saturated heterocycles. The van der Waals surface area contributed by atoms with Gasteiger partial charge in [-0.25, -0.2) is 9.97 Å². The zero-order valence-electron chi connectivity index (χ0n) is 12.3. The quantitative estimate of drug-likeness (QED) is 0.912. The number of aryl methyl sites for hydroxylation is 1. The molecule has 0 atom stereocenters. The van der Waals surface area contributed by atoms with Crippen molar-refractivity contribution >= 4 is 11.7 Å². The van der Waals surface area contributed by atoms with E-state index >= 15 is 0 Å². The Hall–Kier alpha value is -2.58. The maximum Gasteiger partial charge on any atom is 0.434 e. The first-order valence-corrected chi connectivity index (χ1v) is 6.91. The van der Waals surface area contributed by atoms with E-state index in [0.717, 1.165) is 6.20 Å². The number of nitrogens with two attached hydrogens (primary N) is 1. The first-order valence-electron chi connectivity index (χ1n) is 6.91. The highest BCUT2D eigenvalue weighted by Gasteiger charge is 2.35. The first kappa shape index (κ1) is 15.3. The third-order valence-corrected chi connectivity index (χ3v) is 3.75. The van der Waals surface area contributed by atoms with E-state index in [1.165, 1.54) is 4.57 Å². The number of pyridine rings is 1. The minimum absolute atomic E-state index is 0.221. The zero-order chi connectivity index (χ0) is 16.8. The Morgan fingerprint density at radius 1 is 1.26 bits per heavy atom. The average molecular weight is 325 g/mol. The molecule has 2 N–H and O–H groups in total. The van der Waals surface area contributed by atoms with Crippen LogP contribution < -0.4 is 10.6 Å². The van der Waals surface area contributed by atoms with Crippen LogP contribution in [0.2, 0.25) is 0 Å². The largest absolute Gasteiger partial charge is 0.434 e. The Balaban J connectivity index is 1.86. The second-order valence-corrected chi connectivity index (χ2v) is 5.32. The predicted molar refractivity (Wildman–Crippen MR) is 75.8 cm³/mol. The van der Waals surface area contributed by atoms with Gasteiger partial charge in [0.25, 0.3) is 5.91 Å². The molecule has 1 amide bonds. The molecule has 3 rings (SSSR count). The van der Waals surface area contributed by atoms with E-state index in [1.807, 2.05) is 4.90 Å². The summed E-state index contributed by atoms with van der Waals surface area (Å²) in [7, 11) is 0. The van der Waals surface area contributed by atoms with Gasteiger partial charge < -0.3 is 15.2 Å². The summed E-state index contributed by atoms with van der Waals surface area (Å²) in [6, 6.07) is 3.21. The standard InChI is InChI=1S/C14H14F3N5O/c1-8-9(13(18)23)2-3-11(19-8)22-5-4-21-6-10(14(15,16)17)20-12(21)7-22/h2-3,6H,4-5,7H2,1H3,(H2,18,23). The summed E-state index contributed by atoms with van der Waals surface area (Å²) in [5.41, 5.74) is 5.16. The SMILES string of the molecule is Cc1nc(N2CCn3cc(C(F)(F)F)nc3C2)ccc1C(N)=O. The molecule has 0 spiro atoms. The normalized spacial score (nSPS) is 14.7. The van der Waals surface area contributed by atoms with Crippen molar-refractivity contribution in [2.75, 3.05) is 11.4 Å². The van der Waals surface area contributed by atoms with Crippen molar-refractivity contribution in [3.05, 3.63) is 41.1 Å². The molecule has 0 unspecified atom stereocenters. The molecule has 23 heavy (non-hydrogen) atoms. The lowest BCUT2D eigenvalue weighted by atomic mass is 10.2. The predicted octanol–water partition coefficient (Wildman–Crippen LogP) is 1.72. The van der Waals surface area contributed by atoms with Gasteiger partial charge in [-0.1, -0.05) is 0 Å². The maximum absolute atomic E-state index is 12.7. The molecule has 0 fully saturated rings. The maximum atomic E-state index is 12.7. The number of carbonyl (C=O) groups is 1. The minimum atomic E-state index is -4.45. The molecule has 1 aliphatic rings. The molecular weight excluding hydrogens is 311 g/mol. The lowest BCUT2D eigenvalue weighted by molar-refractivity contribution is -0.141. The third kappa shape index (κ3) is 2.86. The lowest BCUT2D eigenvalue weighted by Crippen LogP contribution is -2.34. The van der Waals surface area contributed by atoms with Crippen molar-refractivity contribution in [2.45, 2.75) is 26.2 Å². The highest BCUT2D eigenvalue weighted by atomic mass is 19.4. The molecule has 6 nitrogen and oxygen atoms in total. The van der Waals surface area contributed by atoms with Gasteiger partial charge >= 0.3 is 6.18 Å². The van der Waals surface area contributed by atoms with Crippen molar-refractivity contribution in [1.29, 1.82) is 0 Å². The number of halogens is 3. The van der Waals surface area contributed by atoms with Gasteiger partial charge in [-0.2, -0.15) is 13.2 Å². The topological polar surface area (TPSA) is 77.0 Å². The van der Waals surface area contributed by atoms with Crippen molar-refractivity contribution in [1.82, 2.24) is 14.5 Å². The summed E-state index contributed by atoms with van der Waals surface area (Å²) in [4.78, 5) is 21.0. The average Bonchev–Trinajstić information content (AvgIpc) is 2.89. The molecule has 0 saturated carbocycles.